The van der Waals surface area contributed by atoms with Crippen LogP contribution in [0.3, 0.4) is 0 Å². The zero-order chi connectivity index (χ0) is 31.3. The van der Waals surface area contributed by atoms with Crippen molar-refractivity contribution in [2.45, 2.75) is 142 Å². The Labute approximate surface area is 254 Å². The summed E-state index contributed by atoms with van der Waals surface area (Å²) >= 11 is 0. The van der Waals surface area contributed by atoms with E-state index in [0.29, 0.717) is 58.8 Å². The zero-order valence-electron chi connectivity index (χ0n) is 26.9. The number of ether oxygens (including phenoxy) is 2. The SMILES string of the molecule is CCOCCOCCNC(=O)C(C)(C)NC(=O)CCCNC(=O)CCCCCCCCCCCCCCCCC(=O)O. The van der Waals surface area contributed by atoms with Crippen LogP contribution in [0.5, 0.6) is 0 Å². The number of carboxylic acid groups (broad SMARTS) is 1. The van der Waals surface area contributed by atoms with E-state index in [1.165, 1.54) is 51.4 Å². The summed E-state index contributed by atoms with van der Waals surface area (Å²) < 4.78 is 10.6. The minimum absolute atomic E-state index is 0.0282. The Hall–Kier alpha value is -2.20. The molecule has 0 atom stereocenters. The smallest absolute Gasteiger partial charge is 0.303 e. The van der Waals surface area contributed by atoms with E-state index in [2.05, 4.69) is 16.0 Å². The molecule has 0 unspecified atom stereocenters. The Bertz CT molecular complexity index is 716. The van der Waals surface area contributed by atoms with Gasteiger partial charge in [-0.05, 0) is 40.0 Å². The van der Waals surface area contributed by atoms with Crippen LogP contribution in [-0.2, 0) is 28.7 Å². The first-order valence-corrected chi connectivity index (χ1v) is 16.4. The maximum atomic E-state index is 12.4. The van der Waals surface area contributed by atoms with Gasteiger partial charge >= 0.3 is 5.97 Å². The van der Waals surface area contributed by atoms with Crippen LogP contribution in [0.2, 0.25) is 0 Å². The molecule has 10 nitrogen and oxygen atoms in total. The third-order valence-corrected chi connectivity index (χ3v) is 7.07. The van der Waals surface area contributed by atoms with E-state index in [1.54, 1.807) is 13.8 Å². The summed E-state index contributed by atoms with van der Waals surface area (Å²) in [6.07, 6.45) is 17.8. The molecule has 0 aromatic rings. The topological polar surface area (TPSA) is 143 Å². The summed E-state index contributed by atoms with van der Waals surface area (Å²) in [5, 5.41) is 17.0. The molecule has 0 aliphatic rings. The van der Waals surface area contributed by atoms with Gasteiger partial charge in [0.2, 0.25) is 17.7 Å². The zero-order valence-corrected chi connectivity index (χ0v) is 26.9. The lowest BCUT2D eigenvalue weighted by molar-refractivity contribution is -0.137. The molecule has 0 radical (unpaired) electrons. The van der Waals surface area contributed by atoms with E-state index >= 15 is 0 Å². The molecule has 0 saturated heterocycles. The number of carboxylic acids is 1. The first-order valence-electron chi connectivity index (χ1n) is 16.4. The number of aliphatic carboxylic acids is 1. The maximum Gasteiger partial charge on any atom is 0.303 e. The van der Waals surface area contributed by atoms with Crippen LogP contribution in [0.4, 0.5) is 0 Å². The van der Waals surface area contributed by atoms with E-state index < -0.39 is 11.5 Å². The van der Waals surface area contributed by atoms with Crippen molar-refractivity contribution < 1.29 is 33.8 Å². The fourth-order valence-electron chi connectivity index (χ4n) is 4.54. The largest absolute Gasteiger partial charge is 0.481 e. The molecule has 0 spiro atoms. The van der Waals surface area contributed by atoms with Gasteiger partial charge in [0.15, 0.2) is 0 Å². The predicted molar refractivity (Wildman–Crippen MR) is 166 cm³/mol. The molecule has 246 valence electrons. The second-order valence-corrected chi connectivity index (χ2v) is 11.5. The van der Waals surface area contributed by atoms with E-state index in [1.807, 2.05) is 6.92 Å². The minimum atomic E-state index is -1.03. The van der Waals surface area contributed by atoms with Crippen LogP contribution in [0.15, 0.2) is 0 Å². The van der Waals surface area contributed by atoms with Crippen LogP contribution in [0.1, 0.15) is 136 Å². The Morgan fingerprint density at radius 3 is 1.57 bits per heavy atom. The van der Waals surface area contributed by atoms with Crippen molar-refractivity contribution in [2.75, 3.05) is 39.5 Å². The third-order valence-electron chi connectivity index (χ3n) is 7.07. The van der Waals surface area contributed by atoms with Crippen molar-refractivity contribution in [3.63, 3.8) is 0 Å². The number of hydrogen-bond acceptors (Lipinski definition) is 6. The number of amides is 3. The average molecular weight is 600 g/mol. The third kappa shape index (κ3) is 26.7. The van der Waals surface area contributed by atoms with Gasteiger partial charge in [-0.25, -0.2) is 0 Å². The van der Waals surface area contributed by atoms with Crippen LogP contribution in [0, 0.1) is 0 Å². The Balaban J connectivity index is 3.57. The average Bonchev–Trinajstić information content (AvgIpc) is 2.94. The van der Waals surface area contributed by atoms with Gasteiger partial charge in [-0.3, -0.25) is 19.2 Å². The molecule has 42 heavy (non-hydrogen) atoms. The molecule has 0 heterocycles. The van der Waals surface area contributed by atoms with E-state index in [0.717, 1.165) is 38.5 Å². The number of unbranched alkanes of at least 4 members (excludes halogenated alkanes) is 13. The molecule has 0 bridgehead atoms. The van der Waals surface area contributed by atoms with E-state index in [4.69, 9.17) is 14.6 Å². The van der Waals surface area contributed by atoms with Crippen LogP contribution >= 0.6 is 0 Å². The molecular weight excluding hydrogens is 538 g/mol. The lowest BCUT2D eigenvalue weighted by Gasteiger charge is -2.25. The summed E-state index contributed by atoms with van der Waals surface area (Å²) in [4.78, 5) is 47.2. The van der Waals surface area contributed by atoms with Crippen molar-refractivity contribution in [3.05, 3.63) is 0 Å². The lowest BCUT2D eigenvalue weighted by Crippen LogP contribution is -2.55. The molecule has 0 aliphatic heterocycles. The predicted octanol–water partition coefficient (Wildman–Crippen LogP) is 5.27. The minimum Gasteiger partial charge on any atom is -0.481 e. The van der Waals surface area contributed by atoms with Crippen molar-refractivity contribution in [3.8, 4) is 0 Å². The molecule has 0 aromatic carbocycles. The van der Waals surface area contributed by atoms with Crippen molar-refractivity contribution in [1.29, 1.82) is 0 Å². The lowest BCUT2D eigenvalue weighted by atomic mass is 10.0. The number of hydrogen-bond donors (Lipinski definition) is 4. The molecule has 3 amide bonds. The highest BCUT2D eigenvalue weighted by Crippen LogP contribution is 2.14. The fraction of sp³-hybridized carbons (Fsp3) is 0.875. The fourth-order valence-corrected chi connectivity index (χ4v) is 4.54. The second-order valence-electron chi connectivity index (χ2n) is 11.5. The number of rotatable bonds is 30. The van der Waals surface area contributed by atoms with Gasteiger partial charge in [0.25, 0.3) is 0 Å². The van der Waals surface area contributed by atoms with Crippen LogP contribution in [-0.4, -0.2) is 73.9 Å². The summed E-state index contributed by atoms with van der Waals surface area (Å²) in [5.74, 6) is -1.15. The first kappa shape index (κ1) is 39.8. The van der Waals surface area contributed by atoms with Gasteiger partial charge in [-0.2, -0.15) is 0 Å². The summed E-state index contributed by atoms with van der Waals surface area (Å²) in [7, 11) is 0. The Morgan fingerprint density at radius 2 is 1.05 bits per heavy atom. The molecule has 0 fully saturated rings. The van der Waals surface area contributed by atoms with Crippen molar-refractivity contribution >= 4 is 23.7 Å². The van der Waals surface area contributed by atoms with Crippen LogP contribution in [0.25, 0.3) is 0 Å². The van der Waals surface area contributed by atoms with Gasteiger partial charge in [0.1, 0.15) is 5.54 Å². The van der Waals surface area contributed by atoms with Crippen molar-refractivity contribution in [1.82, 2.24) is 16.0 Å². The summed E-state index contributed by atoms with van der Waals surface area (Å²) in [6.45, 7) is 8.08. The summed E-state index contributed by atoms with van der Waals surface area (Å²) in [5.41, 5.74) is -1.03. The Kier molecular flexibility index (Phi) is 26.2. The highest BCUT2D eigenvalue weighted by atomic mass is 16.5. The molecular formula is C32H61N3O7. The van der Waals surface area contributed by atoms with Gasteiger partial charge in [0.05, 0.1) is 19.8 Å². The van der Waals surface area contributed by atoms with E-state index in [-0.39, 0.29) is 24.1 Å². The van der Waals surface area contributed by atoms with Gasteiger partial charge in [-0.15, -0.1) is 0 Å². The number of carbonyl (C=O) groups excluding carboxylic acids is 3. The maximum absolute atomic E-state index is 12.4. The molecule has 0 aromatic heterocycles. The first-order chi connectivity index (χ1) is 20.2. The second kappa shape index (κ2) is 27.6. The number of nitrogens with one attached hydrogen (secondary N) is 3. The quantitative estimate of drug-likeness (QED) is 0.0824. The van der Waals surface area contributed by atoms with Crippen molar-refractivity contribution in [2.24, 2.45) is 0 Å². The van der Waals surface area contributed by atoms with Gasteiger partial charge in [-0.1, -0.05) is 77.0 Å². The molecule has 0 rings (SSSR count). The molecule has 4 N–H and O–H groups in total. The number of carbonyl (C=O) groups is 4. The monoisotopic (exact) mass is 599 g/mol. The van der Waals surface area contributed by atoms with E-state index in [9.17, 15) is 19.2 Å². The highest BCUT2D eigenvalue weighted by molar-refractivity contribution is 5.90. The van der Waals surface area contributed by atoms with Gasteiger partial charge < -0.3 is 30.5 Å². The summed E-state index contributed by atoms with van der Waals surface area (Å²) in [6, 6.07) is 0. The molecule has 10 heteroatoms. The Morgan fingerprint density at radius 1 is 0.571 bits per heavy atom. The van der Waals surface area contributed by atoms with Gasteiger partial charge in [0, 0.05) is 39.0 Å². The standard InChI is InChI=1S/C32H61N3O7/c1-4-41-26-27-42-25-24-34-31(40)32(2,3)35-29(37)21-19-23-33-28(36)20-17-15-13-11-9-7-5-6-8-10-12-14-16-18-22-30(38)39/h4-27H2,1-3H3,(H,33,36)(H,34,40)(H,35,37)(H,38,39). The molecule has 0 saturated carbocycles. The highest BCUT2D eigenvalue weighted by Gasteiger charge is 2.28. The normalized spacial score (nSPS) is 11.3. The molecule has 0 aliphatic carbocycles. The van der Waals surface area contributed by atoms with Crippen LogP contribution < -0.4 is 16.0 Å².